The first kappa shape index (κ1) is 20.5. The van der Waals surface area contributed by atoms with Gasteiger partial charge in [-0.05, 0) is 51.4 Å². The van der Waals surface area contributed by atoms with Crippen LogP contribution in [0.5, 0.6) is 0 Å². The van der Waals surface area contributed by atoms with E-state index in [0.717, 1.165) is 49.9 Å². The number of halogens is 1. The molecule has 1 aliphatic heterocycles. The van der Waals surface area contributed by atoms with Crippen molar-refractivity contribution in [2.75, 3.05) is 19.6 Å². The molecule has 7 heteroatoms. The lowest BCUT2D eigenvalue weighted by Crippen LogP contribution is -2.48. The molecule has 0 aliphatic carbocycles. The third-order valence-corrected chi connectivity index (χ3v) is 5.07. The molecule has 0 radical (unpaired) electrons. The van der Waals surface area contributed by atoms with E-state index in [1.54, 1.807) is 9.13 Å². The second-order valence-corrected chi connectivity index (χ2v) is 6.67. The normalized spacial score (nSPS) is 15.0. The average molecular weight is 381 g/mol. The zero-order chi connectivity index (χ0) is 17.8. The smallest absolute Gasteiger partial charge is 0.329 e. The Hall–Kier alpha value is -1.79. The molecule has 1 aliphatic rings. The summed E-state index contributed by atoms with van der Waals surface area (Å²) in [6, 6.07) is 7.99. The van der Waals surface area contributed by atoms with Crippen LogP contribution in [0, 0.1) is 0 Å². The zero-order valence-electron chi connectivity index (χ0n) is 15.6. The van der Waals surface area contributed by atoms with E-state index < -0.39 is 0 Å². The number of hydrogen-bond donors (Lipinski definition) is 1. The maximum absolute atomic E-state index is 13.0. The van der Waals surface area contributed by atoms with Gasteiger partial charge in [0.15, 0.2) is 0 Å². The number of fused-ring (bicyclic) bond motifs is 1. The van der Waals surface area contributed by atoms with Crippen LogP contribution < -0.4 is 11.0 Å². The minimum atomic E-state index is -0.0983. The lowest BCUT2D eigenvalue weighted by Gasteiger charge is -2.34. The van der Waals surface area contributed by atoms with Crippen molar-refractivity contribution in [2.45, 2.75) is 52.2 Å². The lowest BCUT2D eigenvalue weighted by atomic mass is 10.0. The molecule has 0 saturated carbocycles. The Kier molecular flexibility index (Phi) is 7.29. The van der Waals surface area contributed by atoms with Gasteiger partial charge in [0.1, 0.15) is 6.54 Å². The summed E-state index contributed by atoms with van der Waals surface area (Å²) in [6.07, 6.45) is 2.90. The quantitative estimate of drug-likeness (QED) is 0.836. The van der Waals surface area contributed by atoms with Gasteiger partial charge in [0.2, 0.25) is 5.91 Å². The van der Waals surface area contributed by atoms with E-state index in [-0.39, 0.29) is 36.6 Å². The molecule has 1 aromatic carbocycles. The predicted octanol–water partition coefficient (Wildman–Crippen LogP) is 2.24. The second-order valence-electron chi connectivity index (χ2n) is 6.67. The van der Waals surface area contributed by atoms with Crippen LogP contribution in [-0.2, 0) is 17.9 Å². The molecule has 1 amide bonds. The maximum atomic E-state index is 13.0. The minimum absolute atomic E-state index is 0. The zero-order valence-corrected chi connectivity index (χ0v) is 16.4. The van der Waals surface area contributed by atoms with Crippen LogP contribution in [0.25, 0.3) is 11.0 Å². The Bertz CT molecular complexity index is 792. The van der Waals surface area contributed by atoms with E-state index in [1.165, 1.54) is 0 Å². The molecule has 26 heavy (non-hydrogen) atoms. The van der Waals surface area contributed by atoms with Crippen molar-refractivity contribution in [3.05, 3.63) is 34.7 Å². The van der Waals surface area contributed by atoms with E-state index in [1.807, 2.05) is 36.1 Å². The van der Waals surface area contributed by atoms with Gasteiger partial charge in [-0.1, -0.05) is 19.1 Å². The largest absolute Gasteiger partial charge is 0.338 e. The van der Waals surface area contributed by atoms with Crippen LogP contribution in [0.2, 0.25) is 0 Å². The molecule has 144 valence electrons. The topological polar surface area (TPSA) is 59.3 Å². The van der Waals surface area contributed by atoms with E-state index in [9.17, 15) is 9.59 Å². The third kappa shape index (κ3) is 3.96. The van der Waals surface area contributed by atoms with Crippen LogP contribution in [0.15, 0.2) is 29.1 Å². The molecule has 0 atom stereocenters. The van der Waals surface area contributed by atoms with Gasteiger partial charge in [-0.15, -0.1) is 12.4 Å². The van der Waals surface area contributed by atoms with Gasteiger partial charge in [0, 0.05) is 19.1 Å². The van der Waals surface area contributed by atoms with Gasteiger partial charge >= 0.3 is 5.69 Å². The first-order chi connectivity index (χ1) is 12.2. The number of amides is 1. The molecule has 2 aromatic rings. The fraction of sp³-hybridized carbons (Fsp3) is 0.579. The standard InChI is InChI=1S/C19H28N4O2.ClH/c1-3-13-22(15-9-11-20-12-10-15)18(24)14-23-17-8-6-5-7-16(17)21(4-2)19(23)25;/h5-8,15,20H,3-4,9-14H2,1-2H3;1H. The van der Waals surface area contributed by atoms with Gasteiger partial charge in [-0.2, -0.15) is 0 Å². The Morgan fingerprint density at radius 1 is 1.15 bits per heavy atom. The molecular weight excluding hydrogens is 352 g/mol. The van der Waals surface area contributed by atoms with Crippen molar-refractivity contribution < 1.29 is 4.79 Å². The minimum Gasteiger partial charge on any atom is -0.338 e. The number of benzene rings is 1. The monoisotopic (exact) mass is 380 g/mol. The Morgan fingerprint density at radius 3 is 2.35 bits per heavy atom. The Labute approximate surface area is 160 Å². The van der Waals surface area contributed by atoms with Crippen molar-refractivity contribution in [1.82, 2.24) is 19.4 Å². The van der Waals surface area contributed by atoms with Crippen LogP contribution in [0.1, 0.15) is 33.1 Å². The molecule has 0 unspecified atom stereocenters. The summed E-state index contributed by atoms with van der Waals surface area (Å²) in [7, 11) is 0. The van der Waals surface area contributed by atoms with Crippen LogP contribution in [-0.4, -0.2) is 45.6 Å². The van der Waals surface area contributed by atoms with E-state index in [2.05, 4.69) is 12.2 Å². The van der Waals surface area contributed by atoms with Crippen LogP contribution in [0.4, 0.5) is 0 Å². The predicted molar refractivity (Wildman–Crippen MR) is 107 cm³/mol. The highest BCUT2D eigenvalue weighted by molar-refractivity contribution is 5.85. The second kappa shape index (κ2) is 9.24. The highest BCUT2D eigenvalue weighted by atomic mass is 35.5. The number of carbonyl (C=O) groups is 1. The molecule has 2 heterocycles. The molecule has 6 nitrogen and oxygen atoms in total. The fourth-order valence-electron chi connectivity index (χ4n) is 3.83. The SMILES string of the molecule is CCCN(C(=O)Cn1c(=O)n(CC)c2ccccc21)C1CCNCC1.Cl. The molecule has 1 N–H and O–H groups in total. The summed E-state index contributed by atoms with van der Waals surface area (Å²) < 4.78 is 3.36. The number of rotatable bonds is 6. The first-order valence-electron chi connectivity index (χ1n) is 9.35. The molecule has 1 aromatic heterocycles. The third-order valence-electron chi connectivity index (χ3n) is 5.07. The average Bonchev–Trinajstić information content (AvgIpc) is 2.91. The number of nitrogens with zero attached hydrogens (tertiary/aromatic N) is 3. The number of carbonyl (C=O) groups excluding carboxylic acids is 1. The van der Waals surface area contributed by atoms with Crippen molar-refractivity contribution in [3.63, 3.8) is 0 Å². The van der Waals surface area contributed by atoms with Gasteiger partial charge in [0.05, 0.1) is 11.0 Å². The maximum Gasteiger partial charge on any atom is 0.329 e. The molecular formula is C19H29ClN4O2. The Balaban J connectivity index is 0.00000243. The number of aryl methyl sites for hydroxylation is 1. The molecule has 1 saturated heterocycles. The van der Waals surface area contributed by atoms with E-state index >= 15 is 0 Å². The fourth-order valence-corrected chi connectivity index (χ4v) is 3.83. The number of piperidine rings is 1. The molecule has 0 spiro atoms. The molecule has 0 bridgehead atoms. The summed E-state index contributed by atoms with van der Waals surface area (Å²) in [5, 5.41) is 3.35. The number of aromatic nitrogens is 2. The number of para-hydroxylation sites is 2. The van der Waals surface area contributed by atoms with Gasteiger partial charge in [-0.3, -0.25) is 13.9 Å². The number of hydrogen-bond acceptors (Lipinski definition) is 3. The summed E-state index contributed by atoms with van der Waals surface area (Å²) >= 11 is 0. The molecule has 1 fully saturated rings. The summed E-state index contributed by atoms with van der Waals surface area (Å²) in [6.45, 7) is 7.43. The van der Waals surface area contributed by atoms with Crippen molar-refractivity contribution in [3.8, 4) is 0 Å². The van der Waals surface area contributed by atoms with Crippen molar-refractivity contribution >= 4 is 29.3 Å². The number of imidazole rings is 1. The Morgan fingerprint density at radius 2 is 1.77 bits per heavy atom. The summed E-state index contributed by atoms with van der Waals surface area (Å²) in [5.41, 5.74) is 1.63. The van der Waals surface area contributed by atoms with Crippen molar-refractivity contribution in [1.29, 1.82) is 0 Å². The van der Waals surface area contributed by atoms with Gasteiger partial charge in [-0.25, -0.2) is 4.79 Å². The van der Waals surface area contributed by atoms with Gasteiger partial charge < -0.3 is 10.2 Å². The van der Waals surface area contributed by atoms with Crippen LogP contribution >= 0.6 is 12.4 Å². The van der Waals surface area contributed by atoms with Crippen LogP contribution in [0.3, 0.4) is 0 Å². The highest BCUT2D eigenvalue weighted by Crippen LogP contribution is 2.16. The first-order valence-corrected chi connectivity index (χ1v) is 9.35. The van der Waals surface area contributed by atoms with Gasteiger partial charge in [0.25, 0.3) is 0 Å². The number of nitrogens with one attached hydrogen (secondary N) is 1. The summed E-state index contributed by atoms with van der Waals surface area (Å²) in [4.78, 5) is 27.8. The molecule has 3 rings (SSSR count). The van der Waals surface area contributed by atoms with Crippen molar-refractivity contribution in [2.24, 2.45) is 0 Å². The highest BCUT2D eigenvalue weighted by Gasteiger charge is 2.26. The summed E-state index contributed by atoms with van der Waals surface area (Å²) in [5.74, 6) is 0.0508. The van der Waals surface area contributed by atoms with E-state index in [4.69, 9.17) is 0 Å². The lowest BCUT2D eigenvalue weighted by molar-refractivity contribution is -0.134. The van der Waals surface area contributed by atoms with E-state index in [0.29, 0.717) is 6.54 Å².